The molecule has 2 aromatic carbocycles. The lowest BCUT2D eigenvalue weighted by atomic mass is 9.98. The molecular weight excluding hydrogens is 620 g/mol. The van der Waals surface area contributed by atoms with Gasteiger partial charge in [-0.25, -0.2) is 4.79 Å². The third-order valence-electron chi connectivity index (χ3n) is 10.2. The average molecular weight is 667 g/mol. The molecule has 4 amide bonds. The number of anilines is 1. The number of hydrogen-bond acceptors (Lipinski definition) is 7. The Morgan fingerprint density at radius 2 is 1.60 bits per heavy atom. The zero-order chi connectivity index (χ0) is 32.8. The molecular formula is C35H47ClN6O5. The molecule has 4 aliphatic rings. The maximum absolute atomic E-state index is 13.9. The summed E-state index contributed by atoms with van der Waals surface area (Å²) >= 11 is 5.96. The normalized spacial score (nSPS) is 21.4. The van der Waals surface area contributed by atoms with Crippen LogP contribution in [0.5, 0.6) is 5.75 Å². The maximum atomic E-state index is 13.9. The number of fused-ring (bicyclic) bond motifs is 1. The topological polar surface area (TPSA) is 118 Å². The second-order valence-corrected chi connectivity index (χ2v) is 13.7. The summed E-state index contributed by atoms with van der Waals surface area (Å²) in [7, 11) is 0. The predicted molar refractivity (Wildman–Crippen MR) is 180 cm³/mol. The van der Waals surface area contributed by atoms with Gasteiger partial charge in [-0.05, 0) is 87.5 Å². The van der Waals surface area contributed by atoms with Crippen molar-refractivity contribution in [2.75, 3.05) is 51.2 Å². The van der Waals surface area contributed by atoms with E-state index in [0.29, 0.717) is 62.4 Å². The Balaban J connectivity index is 1.05. The molecule has 4 heterocycles. The van der Waals surface area contributed by atoms with Crippen LogP contribution < -0.4 is 15.4 Å². The van der Waals surface area contributed by atoms with Gasteiger partial charge in [0.2, 0.25) is 5.91 Å². The molecule has 12 heteroatoms. The third kappa shape index (κ3) is 8.56. The lowest BCUT2D eigenvalue weighted by Gasteiger charge is -2.43. The highest BCUT2D eigenvalue weighted by Crippen LogP contribution is 2.29. The molecule has 0 radical (unpaired) electrons. The van der Waals surface area contributed by atoms with E-state index in [9.17, 15) is 19.5 Å². The average Bonchev–Trinajstić information content (AvgIpc) is 3.11. The molecule has 2 aromatic rings. The van der Waals surface area contributed by atoms with Crippen molar-refractivity contribution in [1.82, 2.24) is 24.9 Å². The molecule has 0 aromatic heterocycles. The van der Waals surface area contributed by atoms with Crippen molar-refractivity contribution in [3.8, 4) is 5.75 Å². The van der Waals surface area contributed by atoms with Crippen molar-refractivity contribution in [3.05, 3.63) is 59.1 Å². The number of nitrogens with zero attached hydrogens (tertiary/aromatic N) is 4. The summed E-state index contributed by atoms with van der Waals surface area (Å²) in [6.07, 6.45) is 6.14. The van der Waals surface area contributed by atoms with Crippen LogP contribution in [-0.2, 0) is 16.1 Å². The Hall–Kier alpha value is -3.38. The Labute approximate surface area is 282 Å². The fraction of sp³-hybridized carbons (Fsp3) is 0.571. The van der Waals surface area contributed by atoms with Gasteiger partial charge >= 0.3 is 6.03 Å². The number of urea groups is 1. The SMILES string of the molecule is O=C(COc1ccc(Cl)cc1)N[C@@H](CC(O)N1CCC(N2Cc3ccccc3NC2=O)CC1)C(=O)N1CCC(N2CCCCC2)CC1. The number of aliphatic hydroxyl groups excluding tert-OH is 1. The molecule has 11 nitrogen and oxygen atoms in total. The first-order valence-corrected chi connectivity index (χ1v) is 17.5. The van der Waals surface area contributed by atoms with Crippen molar-refractivity contribution in [1.29, 1.82) is 0 Å². The highest BCUT2D eigenvalue weighted by Gasteiger charge is 2.36. The van der Waals surface area contributed by atoms with Gasteiger partial charge in [0.25, 0.3) is 5.91 Å². The predicted octanol–water partition coefficient (Wildman–Crippen LogP) is 3.90. The molecule has 0 saturated carbocycles. The van der Waals surface area contributed by atoms with Gasteiger partial charge in [-0.15, -0.1) is 0 Å². The standard InChI is InChI=1S/C35H47ClN6O5/c36-26-8-10-29(11-9-26)47-24-32(43)37-31(34(45)41-20-12-27(13-21-41)39-16-4-1-5-17-39)22-33(44)40-18-14-28(15-19-40)42-23-25-6-2-3-7-30(25)38-35(42)46/h2-3,6-11,27-28,31,33,44H,1,4-5,12-24H2,(H,37,43)(H,38,46)/t31-,33?/m0/s1. The molecule has 3 fully saturated rings. The van der Waals surface area contributed by atoms with E-state index in [2.05, 4.69) is 15.5 Å². The summed E-state index contributed by atoms with van der Waals surface area (Å²) < 4.78 is 5.64. The van der Waals surface area contributed by atoms with Gasteiger partial charge < -0.3 is 35.2 Å². The fourth-order valence-electron chi connectivity index (χ4n) is 7.47. The number of ether oxygens (including phenoxy) is 1. The summed E-state index contributed by atoms with van der Waals surface area (Å²) in [5.41, 5.74) is 1.94. The molecule has 0 bridgehead atoms. The Morgan fingerprint density at radius 1 is 0.915 bits per heavy atom. The highest BCUT2D eigenvalue weighted by molar-refractivity contribution is 6.30. The van der Waals surface area contributed by atoms with Crippen LogP contribution >= 0.6 is 11.6 Å². The molecule has 0 aliphatic carbocycles. The number of amides is 4. The quantitative estimate of drug-likeness (QED) is 0.352. The molecule has 0 spiro atoms. The fourth-order valence-corrected chi connectivity index (χ4v) is 7.59. The number of carbonyl (C=O) groups is 3. The minimum Gasteiger partial charge on any atom is -0.484 e. The van der Waals surface area contributed by atoms with Crippen LogP contribution in [0.2, 0.25) is 5.02 Å². The molecule has 4 aliphatic heterocycles. The van der Waals surface area contributed by atoms with Gasteiger partial charge in [-0.1, -0.05) is 36.2 Å². The van der Waals surface area contributed by atoms with Crippen LogP contribution in [-0.4, -0.2) is 113 Å². The molecule has 6 rings (SSSR count). The number of carbonyl (C=O) groups excluding carboxylic acids is 3. The van der Waals surface area contributed by atoms with Crippen LogP contribution in [0.4, 0.5) is 10.5 Å². The van der Waals surface area contributed by atoms with Crippen molar-refractivity contribution in [2.24, 2.45) is 0 Å². The van der Waals surface area contributed by atoms with E-state index in [-0.39, 0.29) is 31.0 Å². The van der Waals surface area contributed by atoms with Gasteiger partial charge in [0.15, 0.2) is 6.61 Å². The summed E-state index contributed by atoms with van der Waals surface area (Å²) in [6.45, 7) is 4.98. The minimum absolute atomic E-state index is 0.0511. The summed E-state index contributed by atoms with van der Waals surface area (Å²) in [6, 6.07) is 14.1. The van der Waals surface area contributed by atoms with Gasteiger partial charge in [0.05, 0.1) is 0 Å². The molecule has 254 valence electrons. The molecule has 1 unspecified atom stereocenters. The van der Waals surface area contributed by atoms with Crippen molar-refractivity contribution < 1.29 is 24.2 Å². The number of nitrogens with one attached hydrogen (secondary N) is 2. The number of aliphatic hydroxyl groups is 1. The Morgan fingerprint density at radius 3 is 2.32 bits per heavy atom. The van der Waals surface area contributed by atoms with Gasteiger partial charge in [-0.3, -0.25) is 14.5 Å². The van der Waals surface area contributed by atoms with Gasteiger partial charge in [-0.2, -0.15) is 0 Å². The first-order chi connectivity index (χ1) is 22.8. The number of halogens is 1. The molecule has 3 saturated heterocycles. The number of para-hydroxylation sites is 1. The highest BCUT2D eigenvalue weighted by atomic mass is 35.5. The second-order valence-electron chi connectivity index (χ2n) is 13.2. The van der Waals surface area contributed by atoms with E-state index in [1.165, 1.54) is 19.3 Å². The van der Waals surface area contributed by atoms with E-state index >= 15 is 0 Å². The van der Waals surface area contributed by atoms with Crippen LogP contribution in [0.1, 0.15) is 56.9 Å². The summed E-state index contributed by atoms with van der Waals surface area (Å²) in [5.74, 6) is -0.0932. The maximum Gasteiger partial charge on any atom is 0.322 e. The lowest BCUT2D eigenvalue weighted by Crippen LogP contribution is -2.56. The first-order valence-electron chi connectivity index (χ1n) is 17.1. The summed E-state index contributed by atoms with van der Waals surface area (Å²) in [4.78, 5) is 48.1. The second kappa shape index (κ2) is 15.7. The smallest absolute Gasteiger partial charge is 0.322 e. The van der Waals surface area contributed by atoms with Crippen molar-refractivity contribution >= 4 is 35.1 Å². The summed E-state index contributed by atoms with van der Waals surface area (Å²) in [5, 5.41) is 17.8. The number of piperidine rings is 3. The number of rotatable bonds is 10. The lowest BCUT2D eigenvalue weighted by molar-refractivity contribution is -0.140. The molecule has 3 N–H and O–H groups in total. The van der Waals surface area contributed by atoms with Crippen LogP contribution in [0.15, 0.2) is 48.5 Å². The van der Waals surface area contributed by atoms with E-state index in [0.717, 1.165) is 37.2 Å². The first kappa shape index (κ1) is 33.5. The zero-order valence-corrected chi connectivity index (χ0v) is 27.7. The van der Waals surface area contributed by atoms with Crippen LogP contribution in [0.3, 0.4) is 0 Å². The third-order valence-corrected chi connectivity index (χ3v) is 10.4. The van der Waals surface area contributed by atoms with Crippen LogP contribution in [0, 0.1) is 0 Å². The van der Waals surface area contributed by atoms with E-state index in [1.807, 2.05) is 39.0 Å². The number of hydrogen-bond donors (Lipinski definition) is 3. The Bertz CT molecular complexity index is 1370. The van der Waals surface area contributed by atoms with Gasteiger partial charge in [0, 0.05) is 61.9 Å². The van der Waals surface area contributed by atoms with E-state index in [1.54, 1.807) is 24.3 Å². The number of benzene rings is 2. The largest absolute Gasteiger partial charge is 0.484 e. The number of likely N-dealkylation sites (tertiary alicyclic amines) is 3. The van der Waals surface area contributed by atoms with E-state index in [4.69, 9.17) is 16.3 Å². The minimum atomic E-state index is -0.927. The van der Waals surface area contributed by atoms with Crippen molar-refractivity contribution in [2.45, 2.75) is 82.3 Å². The molecule has 2 atom stereocenters. The van der Waals surface area contributed by atoms with Crippen LogP contribution in [0.25, 0.3) is 0 Å². The zero-order valence-electron chi connectivity index (χ0n) is 27.0. The van der Waals surface area contributed by atoms with Crippen molar-refractivity contribution in [3.63, 3.8) is 0 Å². The Kier molecular flexibility index (Phi) is 11.2. The monoisotopic (exact) mass is 666 g/mol. The van der Waals surface area contributed by atoms with Gasteiger partial charge in [0.1, 0.15) is 18.0 Å². The molecule has 47 heavy (non-hydrogen) atoms. The van der Waals surface area contributed by atoms with E-state index < -0.39 is 18.2 Å².